The Bertz CT molecular complexity index is 537. The molecule has 1 aromatic rings. The number of benzene rings is 1. The number of carbonyl (C=O) groups excluding carboxylic acids is 1. The molecule has 0 aliphatic rings. The molecule has 1 amide bonds. The van der Waals surface area contributed by atoms with Crippen LogP contribution in [-0.2, 0) is 9.59 Å². The van der Waals surface area contributed by atoms with E-state index in [-0.39, 0.29) is 12.5 Å². The third-order valence-electron chi connectivity index (χ3n) is 3.06. The number of carbonyl (C=O) groups is 2. The summed E-state index contributed by atoms with van der Waals surface area (Å²) in [4.78, 5) is 23.1. The third-order valence-corrected chi connectivity index (χ3v) is 3.80. The van der Waals surface area contributed by atoms with Crippen LogP contribution in [0, 0.1) is 0 Å². The number of halogens is 2. The first-order chi connectivity index (χ1) is 9.78. The van der Waals surface area contributed by atoms with E-state index in [1.165, 1.54) is 6.07 Å². The lowest BCUT2D eigenvalue weighted by Crippen LogP contribution is -2.51. The summed E-state index contributed by atoms with van der Waals surface area (Å²) in [7, 11) is 0. The van der Waals surface area contributed by atoms with E-state index in [4.69, 9.17) is 23.2 Å². The summed E-state index contributed by atoms with van der Waals surface area (Å²) >= 11 is 11.6. The van der Waals surface area contributed by atoms with Crippen molar-refractivity contribution in [2.24, 2.45) is 0 Å². The second kappa shape index (κ2) is 7.64. The van der Waals surface area contributed by atoms with Crippen LogP contribution in [0.1, 0.15) is 26.7 Å². The smallest absolute Gasteiger partial charge is 0.323 e. The molecular formula is C14H18Cl2N2O3. The van der Waals surface area contributed by atoms with Crippen molar-refractivity contribution in [3.05, 3.63) is 28.2 Å². The normalized spacial score (nSPS) is 13.5. The zero-order chi connectivity index (χ0) is 16.0. The van der Waals surface area contributed by atoms with Gasteiger partial charge in [0, 0.05) is 5.69 Å². The number of hydrogen-bond donors (Lipinski definition) is 3. The van der Waals surface area contributed by atoms with E-state index in [0.29, 0.717) is 28.6 Å². The Labute approximate surface area is 133 Å². The molecule has 21 heavy (non-hydrogen) atoms. The van der Waals surface area contributed by atoms with Crippen molar-refractivity contribution >= 4 is 40.8 Å². The molecule has 1 aromatic carbocycles. The third kappa shape index (κ3) is 5.19. The first kappa shape index (κ1) is 17.8. The van der Waals surface area contributed by atoms with Crippen molar-refractivity contribution in [2.75, 3.05) is 11.9 Å². The Balaban J connectivity index is 2.61. The zero-order valence-electron chi connectivity index (χ0n) is 11.9. The maximum absolute atomic E-state index is 11.8. The Hall–Kier alpha value is -1.30. The van der Waals surface area contributed by atoms with Gasteiger partial charge in [-0.3, -0.25) is 14.9 Å². The van der Waals surface area contributed by atoms with Gasteiger partial charge >= 0.3 is 5.97 Å². The Morgan fingerprint density at radius 2 is 1.95 bits per heavy atom. The number of carboxylic acid groups (broad SMARTS) is 1. The highest BCUT2D eigenvalue weighted by Crippen LogP contribution is 2.24. The van der Waals surface area contributed by atoms with E-state index in [2.05, 4.69) is 10.6 Å². The number of aliphatic carboxylic acids is 1. The molecule has 0 spiro atoms. The minimum Gasteiger partial charge on any atom is -0.480 e. The first-order valence-corrected chi connectivity index (χ1v) is 7.27. The molecule has 0 heterocycles. The number of anilines is 1. The van der Waals surface area contributed by atoms with Crippen molar-refractivity contribution in [1.29, 1.82) is 0 Å². The molecule has 0 aliphatic heterocycles. The van der Waals surface area contributed by atoms with Gasteiger partial charge < -0.3 is 10.4 Å². The molecule has 1 atom stereocenters. The van der Waals surface area contributed by atoms with Crippen LogP contribution in [0.3, 0.4) is 0 Å². The predicted octanol–water partition coefficient (Wildman–Crippen LogP) is 3.16. The summed E-state index contributed by atoms with van der Waals surface area (Å²) in [6.45, 7) is 3.34. The fraction of sp³-hybridized carbons (Fsp3) is 0.429. The lowest BCUT2D eigenvalue weighted by Gasteiger charge is -2.25. The van der Waals surface area contributed by atoms with Crippen LogP contribution in [0.4, 0.5) is 5.69 Å². The average molecular weight is 333 g/mol. The molecule has 0 aromatic heterocycles. The summed E-state index contributed by atoms with van der Waals surface area (Å²) in [6, 6.07) is 4.73. The molecule has 0 saturated heterocycles. The zero-order valence-corrected chi connectivity index (χ0v) is 13.4. The molecule has 116 valence electrons. The van der Waals surface area contributed by atoms with E-state index < -0.39 is 11.5 Å². The van der Waals surface area contributed by atoms with Crippen LogP contribution in [0.2, 0.25) is 10.0 Å². The summed E-state index contributed by atoms with van der Waals surface area (Å²) < 4.78 is 0. The van der Waals surface area contributed by atoms with Crippen molar-refractivity contribution in [2.45, 2.75) is 32.2 Å². The SMILES string of the molecule is CCCC(C)(NCC(=O)Nc1ccc(Cl)c(Cl)c1)C(=O)O. The highest BCUT2D eigenvalue weighted by Gasteiger charge is 2.31. The maximum Gasteiger partial charge on any atom is 0.323 e. The lowest BCUT2D eigenvalue weighted by molar-refractivity contribution is -0.144. The quantitative estimate of drug-likeness (QED) is 0.716. The second-order valence-corrected chi connectivity index (χ2v) is 5.73. The van der Waals surface area contributed by atoms with Crippen LogP contribution >= 0.6 is 23.2 Å². The van der Waals surface area contributed by atoms with Crippen molar-refractivity contribution in [1.82, 2.24) is 5.32 Å². The highest BCUT2D eigenvalue weighted by atomic mass is 35.5. The van der Waals surface area contributed by atoms with Crippen molar-refractivity contribution < 1.29 is 14.7 Å². The van der Waals surface area contributed by atoms with E-state index in [9.17, 15) is 14.7 Å². The fourth-order valence-electron chi connectivity index (χ4n) is 1.83. The van der Waals surface area contributed by atoms with Crippen LogP contribution < -0.4 is 10.6 Å². The standard InChI is InChI=1S/C14H18Cl2N2O3/c1-3-6-14(2,13(20)21)17-8-12(19)18-9-4-5-10(15)11(16)7-9/h4-5,7,17H,3,6,8H2,1-2H3,(H,18,19)(H,20,21). The van der Waals surface area contributed by atoms with Crippen LogP contribution in [0.5, 0.6) is 0 Å². The summed E-state index contributed by atoms with van der Waals surface area (Å²) in [5.74, 6) is -1.33. The number of hydrogen-bond acceptors (Lipinski definition) is 3. The van der Waals surface area contributed by atoms with Crippen molar-refractivity contribution in [3.8, 4) is 0 Å². The van der Waals surface area contributed by atoms with Gasteiger partial charge in [-0.15, -0.1) is 0 Å². The topological polar surface area (TPSA) is 78.4 Å². The molecule has 0 bridgehead atoms. The molecule has 0 radical (unpaired) electrons. The molecule has 1 unspecified atom stereocenters. The Morgan fingerprint density at radius 3 is 2.48 bits per heavy atom. The molecule has 5 nitrogen and oxygen atoms in total. The molecule has 0 aliphatic carbocycles. The van der Waals surface area contributed by atoms with Gasteiger partial charge in [-0.2, -0.15) is 0 Å². The maximum atomic E-state index is 11.8. The number of rotatable bonds is 7. The lowest BCUT2D eigenvalue weighted by atomic mass is 9.96. The molecular weight excluding hydrogens is 315 g/mol. The molecule has 3 N–H and O–H groups in total. The molecule has 0 fully saturated rings. The van der Waals surface area contributed by atoms with Crippen LogP contribution in [0.25, 0.3) is 0 Å². The molecule has 7 heteroatoms. The minimum atomic E-state index is -1.12. The van der Waals surface area contributed by atoms with Crippen LogP contribution in [0.15, 0.2) is 18.2 Å². The van der Waals surface area contributed by atoms with E-state index in [0.717, 1.165) is 0 Å². The van der Waals surface area contributed by atoms with E-state index >= 15 is 0 Å². The molecule has 0 saturated carbocycles. The van der Waals surface area contributed by atoms with Gasteiger partial charge in [0.25, 0.3) is 0 Å². The first-order valence-electron chi connectivity index (χ1n) is 6.52. The van der Waals surface area contributed by atoms with Gasteiger partial charge in [-0.1, -0.05) is 36.5 Å². The van der Waals surface area contributed by atoms with E-state index in [1.54, 1.807) is 19.1 Å². The Kier molecular flexibility index (Phi) is 6.45. The van der Waals surface area contributed by atoms with Gasteiger partial charge in [-0.25, -0.2) is 0 Å². The van der Waals surface area contributed by atoms with Gasteiger partial charge in [0.05, 0.1) is 16.6 Å². The van der Waals surface area contributed by atoms with Crippen LogP contribution in [-0.4, -0.2) is 29.1 Å². The van der Waals surface area contributed by atoms with Gasteiger partial charge in [0.2, 0.25) is 5.91 Å². The van der Waals surface area contributed by atoms with Gasteiger partial charge in [0.1, 0.15) is 5.54 Å². The summed E-state index contributed by atoms with van der Waals surface area (Å²) in [5, 5.41) is 15.3. The second-order valence-electron chi connectivity index (χ2n) is 4.92. The largest absolute Gasteiger partial charge is 0.480 e. The fourth-order valence-corrected chi connectivity index (χ4v) is 2.12. The summed E-state index contributed by atoms with van der Waals surface area (Å²) in [5.41, 5.74) is -0.618. The molecule has 1 rings (SSSR count). The Morgan fingerprint density at radius 1 is 1.29 bits per heavy atom. The van der Waals surface area contributed by atoms with E-state index in [1.807, 2.05) is 6.92 Å². The monoisotopic (exact) mass is 332 g/mol. The predicted molar refractivity (Wildman–Crippen MR) is 84.0 cm³/mol. The number of amides is 1. The highest BCUT2D eigenvalue weighted by molar-refractivity contribution is 6.42. The number of nitrogens with one attached hydrogen (secondary N) is 2. The van der Waals surface area contributed by atoms with Gasteiger partial charge in [-0.05, 0) is 31.5 Å². The van der Waals surface area contributed by atoms with Crippen molar-refractivity contribution in [3.63, 3.8) is 0 Å². The summed E-state index contributed by atoms with van der Waals surface area (Å²) in [6.07, 6.45) is 1.13. The number of carboxylic acids is 1. The van der Waals surface area contributed by atoms with Gasteiger partial charge in [0.15, 0.2) is 0 Å². The minimum absolute atomic E-state index is 0.108. The average Bonchev–Trinajstić information content (AvgIpc) is 2.41.